The maximum absolute atomic E-state index is 13.0. The highest BCUT2D eigenvalue weighted by molar-refractivity contribution is 5.93. The summed E-state index contributed by atoms with van der Waals surface area (Å²) in [5.74, 6) is 0.569. The Hall–Kier alpha value is -3.21. The summed E-state index contributed by atoms with van der Waals surface area (Å²) in [6.07, 6.45) is 2.32. The Morgan fingerprint density at radius 1 is 1.00 bits per heavy atom. The molecule has 0 saturated carbocycles. The number of nitrogens with zero attached hydrogens (tertiary/aromatic N) is 3. The summed E-state index contributed by atoms with van der Waals surface area (Å²) in [4.78, 5) is 23.3. The van der Waals surface area contributed by atoms with Crippen LogP contribution >= 0.6 is 0 Å². The summed E-state index contributed by atoms with van der Waals surface area (Å²) in [6.45, 7) is 5.43. The molecule has 0 spiro atoms. The minimum atomic E-state index is -0.0588. The quantitative estimate of drug-likeness (QED) is 0.768. The minimum absolute atomic E-state index is 0.0588. The van der Waals surface area contributed by atoms with Crippen LogP contribution < -0.4 is 5.32 Å². The van der Waals surface area contributed by atoms with Gasteiger partial charge in [-0.25, -0.2) is 9.97 Å². The van der Waals surface area contributed by atoms with Gasteiger partial charge in [0.1, 0.15) is 17.8 Å². The fourth-order valence-electron chi connectivity index (χ4n) is 3.51. The number of para-hydroxylation sites is 1. The minimum Gasteiger partial charge on any atom is -0.340 e. The topological polar surface area (TPSA) is 58.1 Å². The van der Waals surface area contributed by atoms with Crippen LogP contribution in [-0.4, -0.2) is 27.3 Å². The fourth-order valence-corrected chi connectivity index (χ4v) is 3.51. The van der Waals surface area contributed by atoms with E-state index in [9.17, 15) is 4.79 Å². The van der Waals surface area contributed by atoms with Crippen LogP contribution in [0.2, 0.25) is 0 Å². The van der Waals surface area contributed by atoms with Gasteiger partial charge in [0.25, 0.3) is 5.91 Å². The van der Waals surface area contributed by atoms with Gasteiger partial charge in [-0.15, -0.1) is 0 Å². The Morgan fingerprint density at radius 2 is 1.74 bits per heavy atom. The Balaban J connectivity index is 1.55. The second-order valence-electron chi connectivity index (χ2n) is 6.93. The zero-order valence-corrected chi connectivity index (χ0v) is 15.6. The number of benzene rings is 2. The Labute approximate surface area is 159 Å². The van der Waals surface area contributed by atoms with E-state index >= 15 is 0 Å². The molecule has 0 saturated heterocycles. The number of aryl methyl sites for hydroxylation is 2. The molecule has 1 N–H and O–H groups in total. The van der Waals surface area contributed by atoms with Gasteiger partial charge in [-0.05, 0) is 42.5 Å². The molecule has 5 nitrogen and oxygen atoms in total. The van der Waals surface area contributed by atoms with Gasteiger partial charge in [-0.3, -0.25) is 4.79 Å². The van der Waals surface area contributed by atoms with Crippen LogP contribution in [0.15, 0.2) is 54.9 Å². The van der Waals surface area contributed by atoms with Crippen LogP contribution in [0.4, 0.5) is 11.5 Å². The fraction of sp³-hybridized carbons (Fsp3) is 0.227. The number of anilines is 2. The van der Waals surface area contributed by atoms with Crippen molar-refractivity contribution >= 4 is 17.4 Å². The monoisotopic (exact) mass is 358 g/mol. The van der Waals surface area contributed by atoms with Gasteiger partial charge in [0, 0.05) is 24.8 Å². The number of amides is 1. The van der Waals surface area contributed by atoms with E-state index in [-0.39, 0.29) is 5.91 Å². The van der Waals surface area contributed by atoms with Gasteiger partial charge in [-0.1, -0.05) is 42.5 Å². The van der Waals surface area contributed by atoms with Crippen molar-refractivity contribution in [1.29, 1.82) is 0 Å². The van der Waals surface area contributed by atoms with Gasteiger partial charge in [0.15, 0.2) is 0 Å². The SMILES string of the molecule is Cc1cccc(C)c1Nc1cc(C(=O)N2CCc3ccccc3C2)ncn1. The van der Waals surface area contributed by atoms with Crippen LogP contribution in [0.1, 0.15) is 32.7 Å². The molecule has 27 heavy (non-hydrogen) atoms. The molecule has 3 aromatic rings. The zero-order valence-electron chi connectivity index (χ0n) is 15.6. The van der Waals surface area contributed by atoms with Crippen LogP contribution in [0.5, 0.6) is 0 Å². The van der Waals surface area contributed by atoms with E-state index in [1.165, 1.54) is 17.5 Å². The Kier molecular flexibility index (Phi) is 4.59. The lowest BCUT2D eigenvalue weighted by atomic mass is 10.00. The van der Waals surface area contributed by atoms with E-state index in [2.05, 4.69) is 27.4 Å². The van der Waals surface area contributed by atoms with Crippen molar-refractivity contribution in [2.24, 2.45) is 0 Å². The molecule has 1 amide bonds. The highest BCUT2D eigenvalue weighted by Gasteiger charge is 2.22. The Morgan fingerprint density at radius 3 is 2.52 bits per heavy atom. The van der Waals surface area contributed by atoms with Gasteiger partial charge >= 0.3 is 0 Å². The maximum Gasteiger partial charge on any atom is 0.272 e. The van der Waals surface area contributed by atoms with Crippen molar-refractivity contribution in [2.45, 2.75) is 26.8 Å². The van der Waals surface area contributed by atoms with Crippen molar-refractivity contribution in [3.8, 4) is 0 Å². The first kappa shape index (κ1) is 17.2. The highest BCUT2D eigenvalue weighted by Crippen LogP contribution is 2.24. The number of hydrogen-bond acceptors (Lipinski definition) is 4. The van der Waals surface area contributed by atoms with Crippen LogP contribution in [-0.2, 0) is 13.0 Å². The molecule has 2 aromatic carbocycles. The molecule has 0 radical (unpaired) electrons. The van der Waals surface area contributed by atoms with Crippen LogP contribution in [0.3, 0.4) is 0 Å². The average molecular weight is 358 g/mol. The van der Waals surface area contributed by atoms with E-state index in [0.29, 0.717) is 24.6 Å². The molecule has 0 aliphatic carbocycles. The number of carbonyl (C=O) groups excluding carboxylic acids is 1. The summed E-state index contributed by atoms with van der Waals surface area (Å²) in [6, 6.07) is 16.1. The first-order chi connectivity index (χ1) is 13.1. The first-order valence-electron chi connectivity index (χ1n) is 9.13. The van der Waals surface area contributed by atoms with Gasteiger partial charge in [0.05, 0.1) is 0 Å². The van der Waals surface area contributed by atoms with Crippen molar-refractivity contribution in [3.05, 3.63) is 82.8 Å². The van der Waals surface area contributed by atoms with E-state index in [1.54, 1.807) is 6.07 Å². The van der Waals surface area contributed by atoms with Gasteiger partial charge in [0.2, 0.25) is 0 Å². The molecule has 1 aliphatic heterocycles. The Bertz CT molecular complexity index is 979. The number of hydrogen-bond donors (Lipinski definition) is 1. The summed E-state index contributed by atoms with van der Waals surface area (Å²) in [7, 11) is 0. The summed E-state index contributed by atoms with van der Waals surface area (Å²) >= 11 is 0. The number of rotatable bonds is 3. The molecule has 0 fully saturated rings. The lowest BCUT2D eigenvalue weighted by Gasteiger charge is -2.28. The van der Waals surface area contributed by atoms with Gasteiger partial charge in [-0.2, -0.15) is 0 Å². The summed E-state index contributed by atoms with van der Waals surface area (Å²) in [5.41, 5.74) is 6.23. The molecular formula is C22H22N4O. The van der Waals surface area contributed by atoms with Gasteiger partial charge < -0.3 is 10.2 Å². The lowest BCUT2D eigenvalue weighted by molar-refractivity contribution is 0.0728. The molecule has 0 bridgehead atoms. The summed E-state index contributed by atoms with van der Waals surface area (Å²) < 4.78 is 0. The third-order valence-electron chi connectivity index (χ3n) is 5.04. The second kappa shape index (κ2) is 7.19. The highest BCUT2D eigenvalue weighted by atomic mass is 16.2. The van der Waals surface area contributed by atoms with Crippen LogP contribution in [0.25, 0.3) is 0 Å². The molecular weight excluding hydrogens is 336 g/mol. The van der Waals surface area contributed by atoms with Crippen molar-refractivity contribution < 1.29 is 4.79 Å². The molecule has 1 aliphatic rings. The zero-order chi connectivity index (χ0) is 18.8. The van der Waals surface area contributed by atoms with Crippen LogP contribution in [0, 0.1) is 13.8 Å². The number of nitrogens with one attached hydrogen (secondary N) is 1. The largest absolute Gasteiger partial charge is 0.340 e. The smallest absolute Gasteiger partial charge is 0.272 e. The van der Waals surface area contributed by atoms with E-state index in [0.717, 1.165) is 23.2 Å². The number of fused-ring (bicyclic) bond motifs is 1. The maximum atomic E-state index is 13.0. The predicted molar refractivity (Wildman–Crippen MR) is 106 cm³/mol. The van der Waals surface area contributed by atoms with E-state index < -0.39 is 0 Å². The molecule has 0 unspecified atom stereocenters. The molecule has 5 heteroatoms. The second-order valence-corrected chi connectivity index (χ2v) is 6.93. The molecule has 4 rings (SSSR count). The third kappa shape index (κ3) is 3.53. The van der Waals surface area contributed by atoms with Crippen molar-refractivity contribution in [1.82, 2.24) is 14.9 Å². The summed E-state index contributed by atoms with van der Waals surface area (Å²) in [5, 5.41) is 3.33. The number of carbonyl (C=O) groups is 1. The van der Waals surface area contributed by atoms with Crippen molar-refractivity contribution in [3.63, 3.8) is 0 Å². The first-order valence-corrected chi connectivity index (χ1v) is 9.13. The molecule has 0 atom stereocenters. The third-order valence-corrected chi connectivity index (χ3v) is 5.04. The van der Waals surface area contributed by atoms with E-state index in [4.69, 9.17) is 0 Å². The normalized spacial score (nSPS) is 13.2. The lowest BCUT2D eigenvalue weighted by Crippen LogP contribution is -2.36. The molecule has 2 heterocycles. The van der Waals surface area contributed by atoms with E-state index in [1.807, 2.05) is 49.1 Å². The molecule has 136 valence electrons. The average Bonchev–Trinajstić information content (AvgIpc) is 2.70. The van der Waals surface area contributed by atoms with Crippen molar-refractivity contribution in [2.75, 3.05) is 11.9 Å². The molecule has 1 aromatic heterocycles. The predicted octanol–water partition coefficient (Wildman–Crippen LogP) is 4.04. The standard InChI is InChI=1S/C22H22N4O/c1-15-6-5-7-16(2)21(15)25-20-12-19(23-14-24-20)22(27)26-11-10-17-8-3-4-9-18(17)13-26/h3-9,12,14H,10-11,13H2,1-2H3,(H,23,24,25). The number of aromatic nitrogens is 2.